The van der Waals surface area contributed by atoms with Crippen molar-refractivity contribution in [2.45, 2.75) is 13.0 Å². The molecule has 2 nitrogen and oxygen atoms in total. The van der Waals surface area contributed by atoms with Crippen LogP contribution in [0.4, 0.5) is 5.13 Å². The van der Waals surface area contributed by atoms with Gasteiger partial charge in [0.2, 0.25) is 0 Å². The highest BCUT2D eigenvalue weighted by molar-refractivity contribution is 7.13. The summed E-state index contributed by atoms with van der Waals surface area (Å²) < 4.78 is 0. The third-order valence-corrected chi connectivity index (χ3v) is 3.99. The number of hydrogen-bond donors (Lipinski definition) is 1. The number of hydrogen-bond acceptors (Lipinski definition) is 3. The second kappa shape index (κ2) is 5.88. The van der Waals surface area contributed by atoms with Gasteiger partial charge in [0, 0.05) is 11.6 Å². The first kappa shape index (κ1) is 12.9. The Hall–Kier alpha value is -2.13. The van der Waals surface area contributed by atoms with Crippen LogP contribution in [0.3, 0.4) is 0 Å². The molecule has 3 rings (SSSR count). The van der Waals surface area contributed by atoms with Gasteiger partial charge >= 0.3 is 0 Å². The molecular formula is C17H16N2S. The van der Waals surface area contributed by atoms with E-state index < -0.39 is 0 Å². The maximum atomic E-state index is 4.25. The molecular weight excluding hydrogens is 264 g/mol. The van der Waals surface area contributed by atoms with Crippen LogP contribution in [0.1, 0.15) is 18.5 Å². The van der Waals surface area contributed by atoms with Crippen LogP contribution in [0.5, 0.6) is 0 Å². The van der Waals surface area contributed by atoms with Gasteiger partial charge in [0.1, 0.15) is 0 Å². The predicted molar refractivity (Wildman–Crippen MR) is 86.0 cm³/mol. The number of thiazole rings is 1. The number of nitrogens with zero attached hydrogens (tertiary/aromatic N) is 1. The molecule has 0 amide bonds. The standard InChI is InChI=1S/C17H16N2S/c1-13(19-17-18-11-12-20-17)14-7-9-16(10-8-14)15-5-3-2-4-6-15/h2-13H,1H3,(H,18,19). The van der Waals surface area contributed by atoms with E-state index in [-0.39, 0.29) is 6.04 Å². The molecule has 3 aromatic rings. The Bertz CT molecular complexity index is 645. The van der Waals surface area contributed by atoms with Gasteiger partial charge in [-0.1, -0.05) is 54.6 Å². The molecule has 1 N–H and O–H groups in total. The van der Waals surface area contributed by atoms with E-state index in [1.807, 2.05) is 17.6 Å². The lowest BCUT2D eigenvalue weighted by molar-refractivity contribution is 0.882. The molecule has 0 spiro atoms. The molecule has 0 fully saturated rings. The predicted octanol–water partition coefficient (Wildman–Crippen LogP) is 4.98. The van der Waals surface area contributed by atoms with Gasteiger partial charge in [-0.3, -0.25) is 0 Å². The van der Waals surface area contributed by atoms with Gasteiger partial charge in [-0.25, -0.2) is 4.98 Å². The van der Waals surface area contributed by atoms with Gasteiger partial charge in [0.25, 0.3) is 0 Å². The lowest BCUT2D eigenvalue weighted by Crippen LogP contribution is -2.05. The van der Waals surface area contributed by atoms with E-state index >= 15 is 0 Å². The number of nitrogens with one attached hydrogen (secondary N) is 1. The van der Waals surface area contributed by atoms with E-state index in [9.17, 15) is 0 Å². The van der Waals surface area contributed by atoms with Gasteiger partial charge in [0.15, 0.2) is 5.13 Å². The van der Waals surface area contributed by atoms with Crippen molar-refractivity contribution in [2.24, 2.45) is 0 Å². The molecule has 20 heavy (non-hydrogen) atoms. The Morgan fingerprint density at radius 2 is 1.65 bits per heavy atom. The van der Waals surface area contributed by atoms with Gasteiger partial charge in [-0.05, 0) is 23.6 Å². The molecule has 0 aliphatic heterocycles. The van der Waals surface area contributed by atoms with Crippen LogP contribution in [0, 0.1) is 0 Å². The van der Waals surface area contributed by atoms with Gasteiger partial charge in [-0.15, -0.1) is 11.3 Å². The van der Waals surface area contributed by atoms with Gasteiger partial charge in [0.05, 0.1) is 6.04 Å². The fraction of sp³-hybridized carbons (Fsp3) is 0.118. The lowest BCUT2D eigenvalue weighted by atomic mass is 10.0. The first-order valence-corrected chi connectivity index (χ1v) is 7.52. The minimum Gasteiger partial charge on any atom is -0.355 e. The van der Waals surface area contributed by atoms with E-state index in [2.05, 4.69) is 65.8 Å². The molecule has 1 aromatic heterocycles. The molecule has 0 aliphatic rings. The van der Waals surface area contributed by atoms with Crippen LogP contribution in [-0.4, -0.2) is 4.98 Å². The molecule has 0 radical (unpaired) electrons. The zero-order chi connectivity index (χ0) is 13.8. The third-order valence-electron chi connectivity index (χ3n) is 3.29. The fourth-order valence-electron chi connectivity index (χ4n) is 2.16. The van der Waals surface area contributed by atoms with E-state index in [0.29, 0.717) is 0 Å². The van der Waals surface area contributed by atoms with Crippen molar-refractivity contribution in [1.82, 2.24) is 4.98 Å². The Labute approximate surface area is 123 Å². The molecule has 1 atom stereocenters. The summed E-state index contributed by atoms with van der Waals surface area (Å²) in [5.74, 6) is 0. The van der Waals surface area contributed by atoms with Crippen LogP contribution in [0.2, 0.25) is 0 Å². The highest BCUT2D eigenvalue weighted by atomic mass is 32.1. The highest BCUT2D eigenvalue weighted by Gasteiger charge is 2.06. The maximum absolute atomic E-state index is 4.25. The summed E-state index contributed by atoms with van der Waals surface area (Å²) in [5, 5.41) is 6.35. The number of anilines is 1. The summed E-state index contributed by atoms with van der Waals surface area (Å²) in [6.45, 7) is 2.15. The van der Waals surface area contributed by atoms with Crippen LogP contribution < -0.4 is 5.32 Å². The van der Waals surface area contributed by atoms with Crippen molar-refractivity contribution >= 4 is 16.5 Å². The van der Waals surface area contributed by atoms with Crippen LogP contribution >= 0.6 is 11.3 Å². The summed E-state index contributed by atoms with van der Waals surface area (Å²) in [6.07, 6.45) is 1.82. The number of aromatic nitrogens is 1. The normalized spacial score (nSPS) is 12.1. The molecule has 2 aromatic carbocycles. The zero-order valence-electron chi connectivity index (χ0n) is 11.3. The van der Waals surface area contributed by atoms with Crippen molar-refractivity contribution in [3.05, 3.63) is 71.7 Å². The van der Waals surface area contributed by atoms with Crippen LogP contribution in [0.25, 0.3) is 11.1 Å². The van der Waals surface area contributed by atoms with E-state index in [1.165, 1.54) is 16.7 Å². The maximum Gasteiger partial charge on any atom is 0.183 e. The lowest BCUT2D eigenvalue weighted by Gasteiger charge is -2.14. The monoisotopic (exact) mass is 280 g/mol. The van der Waals surface area contributed by atoms with Crippen molar-refractivity contribution in [2.75, 3.05) is 5.32 Å². The Morgan fingerprint density at radius 3 is 2.30 bits per heavy atom. The summed E-state index contributed by atoms with van der Waals surface area (Å²) in [7, 11) is 0. The van der Waals surface area contributed by atoms with Crippen molar-refractivity contribution < 1.29 is 0 Å². The minimum atomic E-state index is 0.256. The minimum absolute atomic E-state index is 0.256. The molecule has 1 unspecified atom stereocenters. The quantitative estimate of drug-likeness (QED) is 0.728. The Balaban J connectivity index is 1.76. The SMILES string of the molecule is CC(Nc1nccs1)c1ccc(-c2ccccc2)cc1. The number of benzene rings is 2. The Kier molecular flexibility index (Phi) is 3.79. The molecule has 100 valence electrons. The average molecular weight is 280 g/mol. The summed E-state index contributed by atoms with van der Waals surface area (Å²) >= 11 is 1.62. The van der Waals surface area contributed by atoms with Crippen molar-refractivity contribution in [3.63, 3.8) is 0 Å². The third kappa shape index (κ3) is 2.89. The van der Waals surface area contributed by atoms with E-state index in [4.69, 9.17) is 0 Å². The van der Waals surface area contributed by atoms with Crippen LogP contribution in [-0.2, 0) is 0 Å². The zero-order valence-corrected chi connectivity index (χ0v) is 12.1. The average Bonchev–Trinajstić information content (AvgIpc) is 3.01. The highest BCUT2D eigenvalue weighted by Crippen LogP contribution is 2.24. The topological polar surface area (TPSA) is 24.9 Å². The van der Waals surface area contributed by atoms with Crippen molar-refractivity contribution in [3.8, 4) is 11.1 Å². The molecule has 0 saturated carbocycles. The molecule has 3 heteroatoms. The number of rotatable bonds is 4. The smallest absolute Gasteiger partial charge is 0.183 e. The summed E-state index contributed by atoms with van der Waals surface area (Å²) in [5.41, 5.74) is 3.76. The second-order valence-corrected chi connectivity index (χ2v) is 5.59. The molecule has 0 saturated heterocycles. The van der Waals surface area contributed by atoms with Crippen molar-refractivity contribution in [1.29, 1.82) is 0 Å². The van der Waals surface area contributed by atoms with Crippen LogP contribution in [0.15, 0.2) is 66.2 Å². The second-order valence-electron chi connectivity index (χ2n) is 4.69. The first-order valence-electron chi connectivity index (χ1n) is 6.64. The first-order chi connectivity index (χ1) is 9.83. The van der Waals surface area contributed by atoms with Gasteiger partial charge < -0.3 is 5.32 Å². The summed E-state index contributed by atoms with van der Waals surface area (Å²) in [4.78, 5) is 4.25. The summed E-state index contributed by atoms with van der Waals surface area (Å²) in [6, 6.07) is 19.4. The molecule has 1 heterocycles. The molecule has 0 aliphatic carbocycles. The van der Waals surface area contributed by atoms with Gasteiger partial charge in [-0.2, -0.15) is 0 Å². The largest absolute Gasteiger partial charge is 0.355 e. The molecule has 0 bridgehead atoms. The Morgan fingerprint density at radius 1 is 0.950 bits per heavy atom. The van der Waals surface area contributed by atoms with E-state index in [0.717, 1.165) is 5.13 Å². The van der Waals surface area contributed by atoms with E-state index in [1.54, 1.807) is 11.3 Å². The fourth-order valence-corrected chi connectivity index (χ4v) is 2.78.